The van der Waals surface area contributed by atoms with Crippen molar-refractivity contribution >= 4 is 10.0 Å². The van der Waals surface area contributed by atoms with Crippen LogP contribution in [0, 0.1) is 18.3 Å². The summed E-state index contributed by atoms with van der Waals surface area (Å²) in [4.78, 5) is 0.242. The van der Waals surface area contributed by atoms with E-state index in [-0.39, 0.29) is 10.9 Å². The van der Waals surface area contributed by atoms with Crippen LogP contribution >= 0.6 is 0 Å². The Bertz CT molecular complexity index is 581. The van der Waals surface area contributed by atoms with Gasteiger partial charge in [0.25, 0.3) is 0 Å². The molecule has 0 spiro atoms. The average Bonchev–Trinajstić information content (AvgIpc) is 2.81. The maximum Gasteiger partial charge on any atom is 0.240 e. The highest BCUT2D eigenvalue weighted by Gasteiger charge is 2.23. The van der Waals surface area contributed by atoms with Gasteiger partial charge >= 0.3 is 0 Å². The zero-order chi connectivity index (χ0) is 13.2. The summed E-state index contributed by atoms with van der Waals surface area (Å²) in [7, 11) is -3.45. The van der Waals surface area contributed by atoms with E-state index < -0.39 is 10.0 Å². The van der Waals surface area contributed by atoms with Crippen LogP contribution in [0.5, 0.6) is 0 Å². The van der Waals surface area contributed by atoms with Crippen LogP contribution in [0.25, 0.3) is 0 Å². The van der Waals surface area contributed by atoms with Crippen molar-refractivity contribution in [1.29, 1.82) is 5.26 Å². The summed E-state index contributed by atoms with van der Waals surface area (Å²) in [5.74, 6) is 0. The number of nitrogens with zero attached hydrogens (tertiary/aromatic N) is 1. The van der Waals surface area contributed by atoms with E-state index in [4.69, 9.17) is 5.26 Å². The van der Waals surface area contributed by atoms with Gasteiger partial charge in [0.1, 0.15) is 0 Å². The summed E-state index contributed by atoms with van der Waals surface area (Å²) < 4.78 is 27.0. The number of aryl methyl sites for hydroxylation is 1. The second-order valence-electron chi connectivity index (χ2n) is 4.69. The summed E-state index contributed by atoms with van der Waals surface area (Å²) >= 11 is 0. The van der Waals surface area contributed by atoms with Gasteiger partial charge < -0.3 is 0 Å². The molecule has 0 aromatic heterocycles. The molecule has 18 heavy (non-hydrogen) atoms. The summed E-state index contributed by atoms with van der Waals surface area (Å²) in [6, 6.07) is 6.69. The predicted octanol–water partition coefficient (Wildman–Crippen LogP) is 2.09. The van der Waals surface area contributed by atoms with Crippen molar-refractivity contribution in [2.75, 3.05) is 0 Å². The Morgan fingerprint density at radius 2 is 2.00 bits per heavy atom. The molecule has 0 aliphatic heterocycles. The Morgan fingerprint density at radius 3 is 2.56 bits per heavy atom. The lowest BCUT2D eigenvalue weighted by Crippen LogP contribution is -2.32. The van der Waals surface area contributed by atoms with Crippen molar-refractivity contribution in [3.8, 4) is 6.07 Å². The van der Waals surface area contributed by atoms with E-state index in [1.165, 1.54) is 6.07 Å². The van der Waals surface area contributed by atoms with E-state index in [0.717, 1.165) is 25.7 Å². The number of hydrogen-bond acceptors (Lipinski definition) is 3. The fourth-order valence-electron chi connectivity index (χ4n) is 2.26. The first-order chi connectivity index (χ1) is 8.53. The molecule has 1 aliphatic carbocycles. The zero-order valence-electron chi connectivity index (χ0n) is 10.3. The number of hydrogen-bond donors (Lipinski definition) is 1. The molecule has 1 N–H and O–H groups in total. The van der Waals surface area contributed by atoms with Crippen LogP contribution in [0.3, 0.4) is 0 Å². The topological polar surface area (TPSA) is 70.0 Å². The number of nitrogens with one attached hydrogen (secondary N) is 1. The van der Waals surface area contributed by atoms with E-state index >= 15 is 0 Å². The lowest BCUT2D eigenvalue weighted by atomic mass is 10.1. The first kappa shape index (κ1) is 13.1. The molecule has 1 aliphatic rings. The van der Waals surface area contributed by atoms with Crippen LogP contribution in [-0.4, -0.2) is 14.5 Å². The molecule has 5 heteroatoms. The number of sulfonamides is 1. The summed E-state index contributed by atoms with van der Waals surface area (Å²) in [6.07, 6.45) is 3.99. The van der Waals surface area contributed by atoms with Crippen LogP contribution in [0.4, 0.5) is 0 Å². The Hall–Kier alpha value is -1.38. The van der Waals surface area contributed by atoms with Crippen molar-refractivity contribution in [3.63, 3.8) is 0 Å². The molecule has 1 aromatic carbocycles. The molecule has 1 fully saturated rings. The van der Waals surface area contributed by atoms with Gasteiger partial charge in [-0.15, -0.1) is 0 Å². The highest BCUT2D eigenvalue weighted by atomic mass is 32.2. The number of benzene rings is 1. The third kappa shape index (κ3) is 2.71. The Balaban J connectivity index is 2.24. The normalized spacial score (nSPS) is 16.7. The lowest BCUT2D eigenvalue weighted by Gasteiger charge is -2.13. The van der Waals surface area contributed by atoms with Crippen LogP contribution in [0.15, 0.2) is 23.1 Å². The minimum atomic E-state index is -3.45. The smallest absolute Gasteiger partial charge is 0.208 e. The first-order valence-corrected chi connectivity index (χ1v) is 7.54. The molecule has 1 saturated carbocycles. The molecule has 96 valence electrons. The molecule has 4 nitrogen and oxygen atoms in total. The molecular weight excluding hydrogens is 248 g/mol. The molecule has 2 rings (SSSR count). The van der Waals surface area contributed by atoms with Crippen molar-refractivity contribution in [2.24, 2.45) is 0 Å². The minimum Gasteiger partial charge on any atom is -0.208 e. The molecule has 0 amide bonds. The molecule has 0 bridgehead atoms. The lowest BCUT2D eigenvalue weighted by molar-refractivity contribution is 0.552. The van der Waals surface area contributed by atoms with Gasteiger partial charge in [0.05, 0.1) is 16.5 Å². The van der Waals surface area contributed by atoms with Gasteiger partial charge in [-0.25, -0.2) is 13.1 Å². The molecule has 0 unspecified atom stereocenters. The Labute approximate surface area is 108 Å². The van der Waals surface area contributed by atoms with Gasteiger partial charge in [0.15, 0.2) is 0 Å². The van der Waals surface area contributed by atoms with Crippen molar-refractivity contribution in [2.45, 2.75) is 43.5 Å². The van der Waals surface area contributed by atoms with Gasteiger partial charge in [-0.05, 0) is 43.5 Å². The van der Waals surface area contributed by atoms with Crippen molar-refractivity contribution in [1.82, 2.24) is 4.72 Å². The molecule has 0 saturated heterocycles. The molecule has 0 atom stereocenters. The van der Waals surface area contributed by atoms with Crippen LogP contribution in [-0.2, 0) is 10.0 Å². The van der Waals surface area contributed by atoms with E-state index in [0.29, 0.717) is 11.1 Å². The van der Waals surface area contributed by atoms with Crippen LogP contribution < -0.4 is 4.72 Å². The highest BCUT2D eigenvalue weighted by molar-refractivity contribution is 7.89. The van der Waals surface area contributed by atoms with Gasteiger partial charge in [-0.1, -0.05) is 12.8 Å². The molecule has 0 heterocycles. The van der Waals surface area contributed by atoms with Crippen molar-refractivity contribution < 1.29 is 8.42 Å². The zero-order valence-corrected chi connectivity index (χ0v) is 11.1. The maximum atomic E-state index is 12.1. The quantitative estimate of drug-likeness (QED) is 0.908. The molecule has 0 radical (unpaired) electrons. The molecule has 1 aromatic rings. The van der Waals surface area contributed by atoms with Gasteiger partial charge in [-0.3, -0.25) is 0 Å². The predicted molar refractivity (Wildman–Crippen MR) is 68.5 cm³/mol. The van der Waals surface area contributed by atoms with Gasteiger partial charge in [0, 0.05) is 6.04 Å². The second-order valence-corrected chi connectivity index (χ2v) is 6.41. The third-order valence-electron chi connectivity index (χ3n) is 3.31. The second kappa shape index (κ2) is 5.09. The third-order valence-corrected chi connectivity index (χ3v) is 4.82. The van der Waals surface area contributed by atoms with Crippen LogP contribution in [0.1, 0.15) is 36.8 Å². The Kier molecular flexibility index (Phi) is 3.69. The maximum absolute atomic E-state index is 12.1. The fraction of sp³-hybridized carbons (Fsp3) is 0.462. The summed E-state index contributed by atoms with van der Waals surface area (Å²) in [5, 5.41) is 8.83. The average molecular weight is 264 g/mol. The monoisotopic (exact) mass is 264 g/mol. The van der Waals surface area contributed by atoms with E-state index in [1.807, 2.05) is 6.07 Å². The minimum absolute atomic E-state index is 0.0611. The summed E-state index contributed by atoms with van der Waals surface area (Å²) in [6.45, 7) is 1.74. The van der Waals surface area contributed by atoms with Gasteiger partial charge in [0.2, 0.25) is 10.0 Å². The van der Waals surface area contributed by atoms with Crippen LogP contribution in [0.2, 0.25) is 0 Å². The number of nitriles is 1. The van der Waals surface area contributed by atoms with E-state index in [1.54, 1.807) is 19.1 Å². The fourth-order valence-corrected chi connectivity index (χ4v) is 3.65. The molecular formula is C13H16N2O2S. The summed E-state index contributed by atoms with van der Waals surface area (Å²) in [5.41, 5.74) is 1.20. The van der Waals surface area contributed by atoms with Crippen molar-refractivity contribution in [3.05, 3.63) is 29.3 Å². The van der Waals surface area contributed by atoms with E-state index in [2.05, 4.69) is 4.72 Å². The Morgan fingerprint density at radius 1 is 1.33 bits per heavy atom. The number of rotatable bonds is 3. The van der Waals surface area contributed by atoms with E-state index in [9.17, 15) is 8.42 Å². The van der Waals surface area contributed by atoms with Gasteiger partial charge in [-0.2, -0.15) is 5.26 Å². The SMILES string of the molecule is Cc1cc(S(=O)(=O)NC2CCCC2)ccc1C#N. The largest absolute Gasteiger partial charge is 0.240 e. The highest BCUT2D eigenvalue weighted by Crippen LogP contribution is 2.21. The first-order valence-electron chi connectivity index (χ1n) is 6.06. The standard InChI is InChI=1S/C13H16N2O2S/c1-10-8-13(7-6-11(10)9-14)18(16,17)15-12-4-2-3-5-12/h6-8,12,15H,2-5H2,1H3.